The molecule has 0 aliphatic rings. The Morgan fingerprint density at radius 2 is 2.00 bits per heavy atom. The Labute approximate surface area is 105 Å². The van der Waals surface area contributed by atoms with Crippen molar-refractivity contribution in [1.82, 2.24) is 5.32 Å². The van der Waals surface area contributed by atoms with Crippen molar-refractivity contribution in [2.75, 3.05) is 0 Å². The SMILES string of the molecule is C/C(N)=C(\C#N)C(=S)NC(=O)c1ccccc1. The number of nitrogens with zero attached hydrogens (tertiary/aromatic N) is 1. The number of nitrogens with one attached hydrogen (secondary N) is 1. The van der Waals surface area contributed by atoms with Crippen LogP contribution in [0.1, 0.15) is 17.3 Å². The molecule has 1 aromatic rings. The summed E-state index contributed by atoms with van der Waals surface area (Å²) in [6, 6.07) is 10.5. The molecule has 0 unspecified atom stereocenters. The van der Waals surface area contributed by atoms with Gasteiger partial charge in [0.05, 0.1) is 0 Å². The van der Waals surface area contributed by atoms with Gasteiger partial charge in [0.15, 0.2) is 0 Å². The zero-order valence-corrected chi connectivity index (χ0v) is 10.0. The zero-order chi connectivity index (χ0) is 12.8. The van der Waals surface area contributed by atoms with Gasteiger partial charge in [-0.3, -0.25) is 4.79 Å². The molecule has 4 nitrogen and oxygen atoms in total. The van der Waals surface area contributed by atoms with Gasteiger partial charge in [-0.2, -0.15) is 5.26 Å². The van der Waals surface area contributed by atoms with Crippen molar-refractivity contribution in [2.24, 2.45) is 5.73 Å². The molecule has 0 aliphatic heterocycles. The van der Waals surface area contributed by atoms with Crippen LogP contribution in [0.15, 0.2) is 41.6 Å². The highest BCUT2D eigenvalue weighted by Crippen LogP contribution is 2.02. The molecule has 0 heterocycles. The number of amides is 1. The summed E-state index contributed by atoms with van der Waals surface area (Å²) >= 11 is 4.93. The number of carbonyl (C=O) groups is 1. The van der Waals surface area contributed by atoms with Crippen LogP contribution in [0.4, 0.5) is 0 Å². The first-order chi connectivity index (χ1) is 8.06. The molecule has 1 rings (SSSR count). The maximum atomic E-state index is 11.7. The Morgan fingerprint density at radius 1 is 1.41 bits per heavy atom. The average Bonchev–Trinajstić information content (AvgIpc) is 2.30. The van der Waals surface area contributed by atoms with Gasteiger partial charge in [-0.05, 0) is 19.1 Å². The normalized spacial score (nSPS) is 11.1. The molecule has 0 spiro atoms. The molecule has 0 fully saturated rings. The van der Waals surface area contributed by atoms with E-state index in [2.05, 4.69) is 5.32 Å². The molecule has 0 saturated carbocycles. The predicted molar refractivity (Wildman–Crippen MR) is 69.0 cm³/mol. The summed E-state index contributed by atoms with van der Waals surface area (Å²) in [6.07, 6.45) is 0. The monoisotopic (exact) mass is 245 g/mol. The average molecular weight is 245 g/mol. The van der Waals surface area contributed by atoms with Crippen LogP contribution in [0, 0.1) is 11.3 Å². The summed E-state index contributed by atoms with van der Waals surface area (Å²) in [5.41, 5.74) is 6.35. The van der Waals surface area contributed by atoms with Gasteiger partial charge in [0.1, 0.15) is 16.6 Å². The third-order valence-electron chi connectivity index (χ3n) is 2.00. The second kappa shape index (κ2) is 5.77. The molecule has 0 saturated heterocycles. The van der Waals surface area contributed by atoms with E-state index >= 15 is 0 Å². The van der Waals surface area contributed by atoms with Crippen LogP contribution in [0.5, 0.6) is 0 Å². The van der Waals surface area contributed by atoms with Gasteiger partial charge in [-0.1, -0.05) is 30.4 Å². The topological polar surface area (TPSA) is 78.9 Å². The summed E-state index contributed by atoms with van der Waals surface area (Å²) in [5, 5.41) is 11.3. The third kappa shape index (κ3) is 3.40. The highest BCUT2D eigenvalue weighted by atomic mass is 32.1. The highest BCUT2D eigenvalue weighted by molar-refractivity contribution is 7.80. The van der Waals surface area contributed by atoms with Gasteiger partial charge < -0.3 is 11.1 Å². The van der Waals surface area contributed by atoms with E-state index in [1.165, 1.54) is 0 Å². The number of benzene rings is 1. The first kappa shape index (κ1) is 12.9. The van der Waals surface area contributed by atoms with Crippen LogP contribution < -0.4 is 11.1 Å². The van der Waals surface area contributed by atoms with Gasteiger partial charge in [-0.25, -0.2) is 0 Å². The van der Waals surface area contributed by atoms with Crippen LogP contribution in [0.3, 0.4) is 0 Å². The van der Waals surface area contributed by atoms with Crippen LogP contribution >= 0.6 is 12.2 Å². The number of nitrogens with two attached hydrogens (primary N) is 1. The lowest BCUT2D eigenvalue weighted by Gasteiger charge is -2.06. The zero-order valence-electron chi connectivity index (χ0n) is 9.23. The number of allylic oxidation sites excluding steroid dienone is 1. The van der Waals surface area contributed by atoms with Gasteiger partial charge in [-0.15, -0.1) is 0 Å². The Bertz CT molecular complexity index is 510. The van der Waals surface area contributed by atoms with Crippen molar-refractivity contribution in [3.05, 3.63) is 47.2 Å². The molecule has 86 valence electrons. The van der Waals surface area contributed by atoms with Gasteiger partial charge in [0.2, 0.25) is 0 Å². The smallest absolute Gasteiger partial charge is 0.256 e. The largest absolute Gasteiger partial charge is 0.401 e. The fourth-order valence-electron chi connectivity index (χ4n) is 1.15. The van der Waals surface area contributed by atoms with E-state index in [1.807, 2.05) is 6.07 Å². The van der Waals surface area contributed by atoms with E-state index in [0.717, 1.165) is 0 Å². The number of rotatable bonds is 2. The predicted octanol–water partition coefficient (Wildman–Crippen LogP) is 1.50. The van der Waals surface area contributed by atoms with E-state index in [0.29, 0.717) is 5.56 Å². The van der Waals surface area contributed by atoms with Crippen molar-refractivity contribution in [3.8, 4) is 6.07 Å². The minimum Gasteiger partial charge on any atom is -0.401 e. The molecule has 5 heteroatoms. The molecule has 0 aliphatic carbocycles. The van der Waals surface area contributed by atoms with E-state index in [1.54, 1.807) is 37.3 Å². The molecule has 17 heavy (non-hydrogen) atoms. The molecular weight excluding hydrogens is 234 g/mol. The number of carbonyl (C=O) groups excluding carboxylic acids is 1. The summed E-state index contributed by atoms with van der Waals surface area (Å²) in [7, 11) is 0. The highest BCUT2D eigenvalue weighted by Gasteiger charge is 2.11. The first-order valence-corrected chi connectivity index (χ1v) is 5.24. The number of nitriles is 1. The molecule has 0 radical (unpaired) electrons. The Hall–Kier alpha value is -2.19. The maximum Gasteiger partial charge on any atom is 0.256 e. The summed E-state index contributed by atoms with van der Waals surface area (Å²) in [6.45, 7) is 1.56. The van der Waals surface area contributed by atoms with E-state index in [4.69, 9.17) is 23.2 Å². The van der Waals surface area contributed by atoms with Crippen molar-refractivity contribution < 1.29 is 4.79 Å². The molecule has 3 N–H and O–H groups in total. The Balaban J connectivity index is 2.82. The minimum absolute atomic E-state index is 0.0429. The maximum absolute atomic E-state index is 11.7. The van der Waals surface area contributed by atoms with Crippen molar-refractivity contribution in [2.45, 2.75) is 6.92 Å². The standard InChI is InChI=1S/C12H11N3OS/c1-8(14)10(7-13)12(17)15-11(16)9-5-3-2-4-6-9/h2-6H,14H2,1H3,(H,15,16,17)/b10-8-. The van der Waals surface area contributed by atoms with Crippen molar-refractivity contribution in [3.63, 3.8) is 0 Å². The lowest BCUT2D eigenvalue weighted by Crippen LogP contribution is -2.30. The number of thiocarbonyl (C=S) groups is 1. The lowest BCUT2D eigenvalue weighted by atomic mass is 10.2. The lowest BCUT2D eigenvalue weighted by molar-refractivity contribution is 0.0978. The van der Waals surface area contributed by atoms with Crippen molar-refractivity contribution in [1.29, 1.82) is 5.26 Å². The minimum atomic E-state index is -0.357. The van der Waals surface area contributed by atoms with E-state index in [9.17, 15) is 4.79 Å². The fraction of sp³-hybridized carbons (Fsp3) is 0.0833. The van der Waals surface area contributed by atoms with Crippen LogP contribution in [0.25, 0.3) is 0 Å². The quantitative estimate of drug-likeness (QED) is 0.470. The fourth-order valence-corrected chi connectivity index (χ4v) is 1.44. The van der Waals surface area contributed by atoms with E-state index in [-0.39, 0.29) is 22.2 Å². The summed E-state index contributed by atoms with van der Waals surface area (Å²) in [5.74, 6) is -0.357. The van der Waals surface area contributed by atoms with Crippen molar-refractivity contribution >= 4 is 23.1 Å². The van der Waals surface area contributed by atoms with Gasteiger partial charge >= 0.3 is 0 Å². The van der Waals surface area contributed by atoms with E-state index < -0.39 is 0 Å². The molecule has 1 aromatic carbocycles. The first-order valence-electron chi connectivity index (χ1n) is 4.83. The summed E-state index contributed by atoms with van der Waals surface area (Å²) < 4.78 is 0. The molecule has 0 bridgehead atoms. The molecular formula is C12H11N3OS. The number of hydrogen-bond donors (Lipinski definition) is 2. The molecule has 1 amide bonds. The van der Waals surface area contributed by atoms with Gasteiger partial charge in [0, 0.05) is 11.3 Å². The number of hydrogen-bond acceptors (Lipinski definition) is 4. The van der Waals surface area contributed by atoms with Crippen LogP contribution in [-0.4, -0.2) is 10.9 Å². The second-order valence-electron chi connectivity index (χ2n) is 3.32. The molecule has 0 atom stereocenters. The van der Waals surface area contributed by atoms with Gasteiger partial charge in [0.25, 0.3) is 5.91 Å². The Kier molecular flexibility index (Phi) is 4.37. The Morgan fingerprint density at radius 3 is 2.47 bits per heavy atom. The van der Waals surface area contributed by atoms with Crippen LogP contribution in [-0.2, 0) is 0 Å². The molecule has 0 aromatic heterocycles. The third-order valence-corrected chi connectivity index (χ3v) is 2.30. The van der Waals surface area contributed by atoms with Crippen LogP contribution in [0.2, 0.25) is 0 Å². The summed E-state index contributed by atoms with van der Waals surface area (Å²) in [4.78, 5) is 11.8. The second-order valence-corrected chi connectivity index (χ2v) is 3.73.